The van der Waals surface area contributed by atoms with Crippen LogP contribution < -0.4 is 0 Å². The summed E-state index contributed by atoms with van der Waals surface area (Å²) in [6.45, 7) is 20.4. The largest absolute Gasteiger partial charge is 3.00 e. The molecular formula is C39H42NOZr. The van der Waals surface area contributed by atoms with Crippen LogP contribution in [0.25, 0.3) is 22.5 Å². The Balaban J connectivity index is 0.000000334. The van der Waals surface area contributed by atoms with Crippen LogP contribution in [0.5, 0.6) is 5.75 Å². The molecule has 0 aliphatic rings. The minimum absolute atomic E-state index is 0. The third kappa shape index (κ3) is 10.4. The van der Waals surface area contributed by atoms with Crippen LogP contribution in [0.2, 0.25) is 0 Å². The number of phenols is 1. The molecule has 0 atom stereocenters. The molecule has 3 heteroatoms. The molecule has 0 aliphatic carbocycles. The Morgan fingerprint density at radius 2 is 1.14 bits per heavy atom. The molecule has 0 bridgehead atoms. The van der Waals surface area contributed by atoms with Gasteiger partial charge in [0.25, 0.3) is 0 Å². The first-order valence-electron chi connectivity index (χ1n) is 13.9. The van der Waals surface area contributed by atoms with Gasteiger partial charge in [0.15, 0.2) is 0 Å². The van der Waals surface area contributed by atoms with Gasteiger partial charge in [0.05, 0.1) is 5.69 Å². The topological polar surface area (TPSA) is 33.1 Å². The van der Waals surface area contributed by atoms with Crippen LogP contribution in [-0.4, -0.2) is 10.1 Å². The smallest absolute Gasteiger partial charge is 0.507 e. The summed E-state index contributed by atoms with van der Waals surface area (Å²) in [5, 5.41) is 11.1. The first kappa shape index (κ1) is 34.7. The molecule has 5 rings (SSSR count). The third-order valence-electron chi connectivity index (χ3n) is 6.48. The molecule has 42 heavy (non-hydrogen) atoms. The van der Waals surface area contributed by atoms with Crippen LogP contribution in [0.15, 0.2) is 115 Å². The van der Waals surface area contributed by atoms with Crippen LogP contribution >= 0.6 is 0 Å². The van der Waals surface area contributed by atoms with Crippen LogP contribution in [0, 0.1) is 19.9 Å². The Morgan fingerprint density at radius 3 is 1.57 bits per heavy atom. The second-order valence-electron chi connectivity index (χ2n) is 12.1. The van der Waals surface area contributed by atoms with E-state index in [1.807, 2.05) is 103 Å². The van der Waals surface area contributed by atoms with E-state index in [4.69, 9.17) is 4.98 Å². The van der Waals surface area contributed by atoms with E-state index in [0.29, 0.717) is 5.75 Å². The zero-order valence-corrected chi connectivity index (χ0v) is 28.2. The maximum atomic E-state index is 11.1. The van der Waals surface area contributed by atoms with Gasteiger partial charge in [-0.25, -0.2) is 0 Å². The molecule has 4 aromatic carbocycles. The minimum atomic E-state index is -0.162. The van der Waals surface area contributed by atoms with Crippen LogP contribution in [0.4, 0.5) is 0 Å². The van der Waals surface area contributed by atoms with Gasteiger partial charge in [0, 0.05) is 11.1 Å². The Kier molecular flexibility index (Phi) is 12.9. The number of pyridine rings is 1. The summed E-state index contributed by atoms with van der Waals surface area (Å²) in [4.78, 5) is 4.83. The van der Waals surface area contributed by atoms with E-state index in [9.17, 15) is 5.11 Å². The molecule has 0 saturated heterocycles. The molecule has 0 fully saturated rings. The normalized spacial score (nSPS) is 10.7. The molecule has 2 nitrogen and oxygen atoms in total. The van der Waals surface area contributed by atoms with Gasteiger partial charge in [-0.15, -0.1) is 60.2 Å². The van der Waals surface area contributed by atoms with Crippen molar-refractivity contribution in [2.75, 3.05) is 0 Å². The number of benzene rings is 4. The molecule has 0 amide bonds. The number of aromatic nitrogens is 1. The molecule has 1 N–H and O–H groups in total. The molecule has 1 radical (unpaired) electrons. The van der Waals surface area contributed by atoms with Gasteiger partial charge >= 0.3 is 26.2 Å². The summed E-state index contributed by atoms with van der Waals surface area (Å²) in [6.07, 6.45) is 0. The number of rotatable bonds is 2. The summed E-state index contributed by atoms with van der Waals surface area (Å²) in [5.74, 6) is 0.317. The molecule has 0 unspecified atom stereocenters. The molecule has 0 saturated carbocycles. The molecule has 5 aromatic rings. The zero-order valence-electron chi connectivity index (χ0n) is 25.8. The van der Waals surface area contributed by atoms with E-state index in [-0.39, 0.29) is 37.0 Å². The Labute approximate surface area is 273 Å². The van der Waals surface area contributed by atoms with Crippen LogP contribution in [-0.2, 0) is 37.0 Å². The number of aromatic hydroxyl groups is 1. The summed E-state index contributed by atoms with van der Waals surface area (Å²) in [7, 11) is 0. The summed E-state index contributed by atoms with van der Waals surface area (Å²) < 4.78 is 0. The van der Waals surface area contributed by atoms with Crippen molar-refractivity contribution in [3.63, 3.8) is 0 Å². The first-order valence-corrected chi connectivity index (χ1v) is 13.9. The summed E-state index contributed by atoms with van der Waals surface area (Å²) in [6, 6.07) is 40.9. The van der Waals surface area contributed by atoms with Gasteiger partial charge in [0.1, 0.15) is 5.75 Å². The van der Waals surface area contributed by atoms with Crippen LogP contribution in [0.3, 0.4) is 0 Å². The average Bonchev–Trinajstić information content (AvgIpc) is 2.94. The van der Waals surface area contributed by atoms with Gasteiger partial charge in [-0.2, -0.15) is 49.2 Å². The van der Waals surface area contributed by atoms with Crippen molar-refractivity contribution >= 4 is 0 Å². The Hall–Kier alpha value is -3.55. The second-order valence-corrected chi connectivity index (χ2v) is 12.1. The predicted molar refractivity (Wildman–Crippen MR) is 175 cm³/mol. The Bertz CT molecular complexity index is 1460. The van der Waals surface area contributed by atoms with E-state index in [1.165, 1.54) is 5.56 Å². The molecule has 213 valence electrons. The molecule has 0 aliphatic heterocycles. The van der Waals surface area contributed by atoms with Crippen molar-refractivity contribution in [1.82, 2.24) is 4.98 Å². The fourth-order valence-corrected chi connectivity index (χ4v) is 4.08. The van der Waals surface area contributed by atoms with E-state index in [2.05, 4.69) is 73.6 Å². The van der Waals surface area contributed by atoms with E-state index in [0.717, 1.165) is 39.2 Å². The van der Waals surface area contributed by atoms with Crippen molar-refractivity contribution in [3.8, 4) is 28.3 Å². The van der Waals surface area contributed by atoms with E-state index in [1.54, 1.807) is 0 Å². The maximum absolute atomic E-state index is 11.1. The fraction of sp³-hybridized carbons (Fsp3) is 0.205. The van der Waals surface area contributed by atoms with Crippen molar-refractivity contribution in [2.24, 2.45) is 0 Å². The minimum Gasteiger partial charge on any atom is -0.507 e. The van der Waals surface area contributed by atoms with Crippen molar-refractivity contribution < 1.29 is 31.3 Å². The summed E-state index contributed by atoms with van der Waals surface area (Å²) in [5.41, 5.74) is 7.46. The standard InChI is InChI=1S/C25H28NO.2C7H7.Zr/c1-24(2,3)18-15-19(23(27)20(16-18)25(4,5)6)22-14-10-13-21(26-22)17-11-8-7-9-12-17;2*1-7-5-3-2-4-6-7;/h7-11,13-16,27H,1-6H3;2*2-6H,1H2;/q3*-1;+3. The number of hydrogen-bond donors (Lipinski definition) is 1. The van der Waals surface area contributed by atoms with Gasteiger partial charge in [-0.3, -0.25) is 4.98 Å². The van der Waals surface area contributed by atoms with Gasteiger partial charge in [-0.05, 0) is 34.2 Å². The van der Waals surface area contributed by atoms with Gasteiger partial charge in [-0.1, -0.05) is 71.9 Å². The molecule has 1 heterocycles. The Morgan fingerprint density at radius 1 is 0.619 bits per heavy atom. The second kappa shape index (κ2) is 15.6. The fourth-order valence-electron chi connectivity index (χ4n) is 4.08. The van der Waals surface area contributed by atoms with Gasteiger partial charge in [0.2, 0.25) is 0 Å². The SMILES string of the molecule is CC(C)(C)c1cc(-c2cccc(-c3[c-]cccc3)n2)c(O)c(C(C)(C)C)c1.[CH2-]c1ccccc1.[CH2-]c1ccccc1.[Zr+3]. The monoisotopic (exact) mass is 630 g/mol. The third-order valence-corrected chi connectivity index (χ3v) is 6.48. The quantitative estimate of drug-likeness (QED) is 0.197. The summed E-state index contributed by atoms with van der Waals surface area (Å²) >= 11 is 0. The zero-order chi connectivity index (χ0) is 30.0. The van der Waals surface area contributed by atoms with Crippen molar-refractivity contribution in [1.29, 1.82) is 0 Å². The van der Waals surface area contributed by atoms with E-state index < -0.39 is 0 Å². The number of phenolic OH excluding ortho intramolecular Hbond substituents is 1. The molecule has 0 spiro atoms. The molecule has 1 aromatic heterocycles. The van der Waals surface area contributed by atoms with Crippen molar-refractivity contribution in [3.05, 3.63) is 157 Å². The van der Waals surface area contributed by atoms with E-state index >= 15 is 0 Å². The van der Waals surface area contributed by atoms with Gasteiger partial charge < -0.3 is 5.11 Å². The van der Waals surface area contributed by atoms with Crippen molar-refractivity contribution in [2.45, 2.75) is 52.4 Å². The first-order chi connectivity index (χ1) is 19.4. The number of hydrogen-bond acceptors (Lipinski definition) is 2. The average molecular weight is 632 g/mol. The molecular weight excluding hydrogens is 590 g/mol. The maximum Gasteiger partial charge on any atom is 3.00 e. The predicted octanol–water partition coefficient (Wildman–Crippen LogP) is 10.3. The number of nitrogens with zero attached hydrogens (tertiary/aromatic N) is 1. The van der Waals surface area contributed by atoms with Crippen LogP contribution in [0.1, 0.15) is 63.8 Å².